The molecule has 1 aliphatic heterocycles. The molecule has 126 valence electrons. The van der Waals surface area contributed by atoms with Crippen LogP contribution in [0.2, 0.25) is 0 Å². The topological polar surface area (TPSA) is 75.5 Å². The van der Waals surface area contributed by atoms with Gasteiger partial charge < -0.3 is 14.7 Å². The lowest BCUT2D eigenvalue weighted by Gasteiger charge is -2.36. The second-order valence-electron chi connectivity index (χ2n) is 5.97. The Labute approximate surface area is 141 Å². The number of hydrogen-bond acceptors (Lipinski definition) is 5. The smallest absolute Gasteiger partial charge is 0.316 e. The van der Waals surface area contributed by atoms with Crippen LogP contribution in [0, 0.1) is 5.92 Å². The van der Waals surface area contributed by atoms with Crippen molar-refractivity contribution in [2.75, 3.05) is 19.7 Å². The van der Waals surface area contributed by atoms with Gasteiger partial charge in [-0.3, -0.25) is 4.79 Å². The highest BCUT2D eigenvalue weighted by atomic mass is 16.5. The van der Waals surface area contributed by atoms with E-state index in [0.29, 0.717) is 13.1 Å². The van der Waals surface area contributed by atoms with Gasteiger partial charge in [-0.2, -0.15) is 0 Å². The number of amides is 1. The Hall–Kier alpha value is -2.47. The maximum absolute atomic E-state index is 12.2. The van der Waals surface area contributed by atoms with E-state index in [9.17, 15) is 9.90 Å². The van der Waals surface area contributed by atoms with Gasteiger partial charge >= 0.3 is 6.01 Å². The van der Waals surface area contributed by atoms with Crippen LogP contribution in [0.4, 0.5) is 0 Å². The average Bonchev–Trinajstić information content (AvgIpc) is 2.63. The standard InChI is InChI=1S/C18H21N3O3/c22-16-12-21(17(23)13-24-18-19-8-4-9-20-18)10-7-15(16)11-14-5-2-1-3-6-14/h1-6,8-9,15-16,22H,7,10-13H2/t15-,16-/m1/s1. The molecule has 2 heterocycles. The third-order valence-electron chi connectivity index (χ3n) is 4.28. The van der Waals surface area contributed by atoms with Gasteiger partial charge in [-0.15, -0.1) is 0 Å². The van der Waals surface area contributed by atoms with E-state index in [1.54, 1.807) is 23.4 Å². The van der Waals surface area contributed by atoms with E-state index < -0.39 is 6.10 Å². The third kappa shape index (κ3) is 4.29. The van der Waals surface area contributed by atoms with Crippen molar-refractivity contribution in [3.05, 3.63) is 54.4 Å². The highest BCUT2D eigenvalue weighted by Crippen LogP contribution is 2.22. The van der Waals surface area contributed by atoms with Gasteiger partial charge in [-0.05, 0) is 30.4 Å². The van der Waals surface area contributed by atoms with E-state index in [-0.39, 0.29) is 24.4 Å². The summed E-state index contributed by atoms with van der Waals surface area (Å²) in [6, 6.07) is 12.0. The molecular formula is C18H21N3O3. The first kappa shape index (κ1) is 16.4. The molecule has 0 radical (unpaired) electrons. The molecule has 1 fully saturated rings. The Morgan fingerprint density at radius 3 is 2.67 bits per heavy atom. The maximum Gasteiger partial charge on any atom is 0.316 e. The van der Waals surface area contributed by atoms with Gasteiger partial charge in [0.15, 0.2) is 6.61 Å². The number of ether oxygens (including phenoxy) is 1. The number of aromatic nitrogens is 2. The zero-order valence-electron chi connectivity index (χ0n) is 13.4. The molecule has 1 saturated heterocycles. The van der Waals surface area contributed by atoms with E-state index in [1.807, 2.05) is 18.2 Å². The molecule has 0 bridgehead atoms. The average molecular weight is 327 g/mol. The molecular weight excluding hydrogens is 306 g/mol. The number of piperidine rings is 1. The number of aliphatic hydroxyl groups excluding tert-OH is 1. The number of carbonyl (C=O) groups is 1. The molecule has 0 unspecified atom stereocenters. The largest absolute Gasteiger partial charge is 0.453 e. The van der Waals surface area contributed by atoms with E-state index >= 15 is 0 Å². The van der Waals surface area contributed by atoms with E-state index in [2.05, 4.69) is 22.1 Å². The van der Waals surface area contributed by atoms with Gasteiger partial charge in [0.2, 0.25) is 0 Å². The molecule has 24 heavy (non-hydrogen) atoms. The summed E-state index contributed by atoms with van der Waals surface area (Å²) < 4.78 is 5.28. The molecule has 6 nitrogen and oxygen atoms in total. The Morgan fingerprint density at radius 2 is 1.96 bits per heavy atom. The molecule has 1 aromatic heterocycles. The lowest BCUT2D eigenvalue weighted by atomic mass is 9.88. The minimum Gasteiger partial charge on any atom is -0.453 e. The molecule has 1 aromatic carbocycles. The molecule has 6 heteroatoms. The predicted octanol–water partition coefficient (Wildman–Crippen LogP) is 1.31. The Bertz CT molecular complexity index is 651. The van der Waals surface area contributed by atoms with Crippen LogP contribution in [0.3, 0.4) is 0 Å². The van der Waals surface area contributed by atoms with Crippen molar-refractivity contribution in [3.63, 3.8) is 0 Å². The number of nitrogens with zero attached hydrogens (tertiary/aromatic N) is 3. The SMILES string of the molecule is O=C(COc1ncccn1)N1CC[C@H](Cc2ccccc2)[C@H](O)C1. The number of carbonyl (C=O) groups excluding carboxylic acids is 1. The summed E-state index contributed by atoms with van der Waals surface area (Å²) in [5.41, 5.74) is 1.21. The zero-order valence-corrected chi connectivity index (χ0v) is 13.4. The fourth-order valence-corrected chi connectivity index (χ4v) is 2.94. The van der Waals surface area contributed by atoms with Gasteiger partial charge in [0.25, 0.3) is 5.91 Å². The van der Waals surface area contributed by atoms with Crippen LogP contribution in [-0.4, -0.2) is 51.7 Å². The summed E-state index contributed by atoms with van der Waals surface area (Å²) in [5.74, 6) is 0.0227. The van der Waals surface area contributed by atoms with Crippen molar-refractivity contribution >= 4 is 5.91 Å². The van der Waals surface area contributed by atoms with Gasteiger partial charge in [0.05, 0.1) is 6.10 Å². The predicted molar refractivity (Wildman–Crippen MR) is 88.4 cm³/mol. The summed E-state index contributed by atoms with van der Waals surface area (Å²) in [6.45, 7) is 0.863. The van der Waals surface area contributed by atoms with E-state index in [1.165, 1.54) is 5.56 Å². The number of rotatable bonds is 5. The summed E-state index contributed by atoms with van der Waals surface area (Å²) in [4.78, 5) is 21.7. The molecule has 1 aliphatic rings. The fourth-order valence-electron chi connectivity index (χ4n) is 2.94. The highest BCUT2D eigenvalue weighted by Gasteiger charge is 2.30. The Morgan fingerprint density at radius 1 is 1.21 bits per heavy atom. The van der Waals surface area contributed by atoms with Crippen molar-refractivity contribution in [3.8, 4) is 6.01 Å². The van der Waals surface area contributed by atoms with Gasteiger partial charge in [-0.25, -0.2) is 9.97 Å². The summed E-state index contributed by atoms with van der Waals surface area (Å²) in [6.07, 6.45) is 4.22. The molecule has 1 N–H and O–H groups in total. The number of likely N-dealkylation sites (tertiary alicyclic amines) is 1. The fraction of sp³-hybridized carbons (Fsp3) is 0.389. The Kier molecular flexibility index (Phi) is 5.38. The summed E-state index contributed by atoms with van der Waals surface area (Å²) >= 11 is 0. The molecule has 3 rings (SSSR count). The van der Waals surface area contributed by atoms with Gasteiger partial charge in [-0.1, -0.05) is 30.3 Å². The normalized spacial score (nSPS) is 20.6. The van der Waals surface area contributed by atoms with Crippen LogP contribution in [0.1, 0.15) is 12.0 Å². The van der Waals surface area contributed by atoms with Gasteiger partial charge in [0.1, 0.15) is 0 Å². The van der Waals surface area contributed by atoms with Crippen molar-refractivity contribution in [2.24, 2.45) is 5.92 Å². The van der Waals surface area contributed by atoms with Crippen molar-refractivity contribution in [1.29, 1.82) is 0 Å². The molecule has 1 amide bonds. The number of benzene rings is 1. The van der Waals surface area contributed by atoms with Crippen LogP contribution in [0.25, 0.3) is 0 Å². The summed E-state index contributed by atoms with van der Waals surface area (Å²) in [5, 5.41) is 10.4. The number of aliphatic hydroxyl groups is 1. The Balaban J connectivity index is 1.48. The van der Waals surface area contributed by atoms with Gasteiger partial charge in [0, 0.05) is 25.5 Å². The minimum atomic E-state index is -0.518. The second kappa shape index (κ2) is 7.88. The highest BCUT2D eigenvalue weighted by molar-refractivity contribution is 5.77. The molecule has 0 spiro atoms. The third-order valence-corrected chi connectivity index (χ3v) is 4.28. The van der Waals surface area contributed by atoms with Crippen molar-refractivity contribution < 1.29 is 14.6 Å². The summed E-state index contributed by atoms with van der Waals surface area (Å²) in [7, 11) is 0. The van der Waals surface area contributed by atoms with Crippen LogP contribution in [-0.2, 0) is 11.2 Å². The minimum absolute atomic E-state index is 0.111. The second-order valence-corrected chi connectivity index (χ2v) is 5.97. The number of β-amino-alcohol motifs (C(OH)–C–C–N with tert-alkyl or cyclic N) is 1. The quantitative estimate of drug-likeness (QED) is 0.896. The van der Waals surface area contributed by atoms with Crippen LogP contribution >= 0.6 is 0 Å². The lowest BCUT2D eigenvalue weighted by Crippen LogP contribution is -2.48. The molecule has 2 aromatic rings. The first-order chi connectivity index (χ1) is 11.7. The van der Waals surface area contributed by atoms with Crippen molar-refractivity contribution in [2.45, 2.75) is 18.9 Å². The van der Waals surface area contributed by atoms with E-state index in [4.69, 9.17) is 4.74 Å². The van der Waals surface area contributed by atoms with Crippen LogP contribution in [0.5, 0.6) is 6.01 Å². The van der Waals surface area contributed by atoms with Crippen LogP contribution < -0.4 is 4.74 Å². The molecule has 2 atom stereocenters. The van der Waals surface area contributed by atoms with Crippen LogP contribution in [0.15, 0.2) is 48.8 Å². The number of hydrogen-bond donors (Lipinski definition) is 1. The zero-order chi connectivity index (χ0) is 16.8. The van der Waals surface area contributed by atoms with Crippen molar-refractivity contribution in [1.82, 2.24) is 14.9 Å². The molecule has 0 aliphatic carbocycles. The monoisotopic (exact) mass is 327 g/mol. The molecule has 0 saturated carbocycles. The first-order valence-electron chi connectivity index (χ1n) is 8.12. The lowest BCUT2D eigenvalue weighted by molar-refractivity contribution is -0.138. The van der Waals surface area contributed by atoms with E-state index in [0.717, 1.165) is 12.8 Å². The maximum atomic E-state index is 12.2. The first-order valence-corrected chi connectivity index (χ1v) is 8.12.